The van der Waals surface area contributed by atoms with E-state index in [4.69, 9.17) is 0 Å². The first-order chi connectivity index (χ1) is 8.65. The number of phenols is 1. The van der Waals surface area contributed by atoms with E-state index < -0.39 is 24.3 Å². The zero-order valence-corrected chi connectivity index (χ0v) is 10.4. The van der Waals surface area contributed by atoms with Gasteiger partial charge in [0, 0.05) is 31.7 Å². The monoisotopic (exact) mass is 256 g/mol. The van der Waals surface area contributed by atoms with Crippen molar-refractivity contribution in [3.8, 4) is 5.75 Å². The van der Waals surface area contributed by atoms with Gasteiger partial charge in [-0.3, -0.25) is 4.90 Å². The number of phenolic OH excluding ortho intramolecular Hbond substituents is 1. The van der Waals surface area contributed by atoms with Crippen LogP contribution in [0.5, 0.6) is 5.75 Å². The molecule has 100 valence electrons. The molecule has 1 aliphatic rings. The van der Waals surface area contributed by atoms with Gasteiger partial charge >= 0.3 is 0 Å². The molecule has 0 amide bonds. The Bertz CT molecular complexity index is 420. The summed E-state index contributed by atoms with van der Waals surface area (Å²) in [4.78, 5) is 1.93. The molecule has 1 aliphatic heterocycles. The number of hydrogen-bond donors (Lipinski definition) is 2. The van der Waals surface area contributed by atoms with E-state index >= 15 is 0 Å². The highest BCUT2D eigenvalue weighted by atomic mass is 19.1. The van der Waals surface area contributed by atoms with Crippen molar-refractivity contribution in [1.82, 2.24) is 10.2 Å². The second-order valence-corrected chi connectivity index (χ2v) is 4.59. The molecule has 1 heterocycles. The Hall–Kier alpha value is -1.20. The van der Waals surface area contributed by atoms with Gasteiger partial charge in [-0.1, -0.05) is 12.1 Å². The first kappa shape index (κ1) is 13.2. The van der Waals surface area contributed by atoms with Gasteiger partial charge in [0.05, 0.1) is 6.04 Å². The van der Waals surface area contributed by atoms with Crippen LogP contribution in [-0.4, -0.2) is 42.9 Å². The van der Waals surface area contributed by atoms with E-state index in [-0.39, 0.29) is 0 Å². The van der Waals surface area contributed by atoms with E-state index in [1.54, 1.807) is 19.1 Å². The van der Waals surface area contributed by atoms with Gasteiger partial charge in [0.1, 0.15) is 6.67 Å². The molecular weight excluding hydrogens is 238 g/mol. The predicted octanol–water partition coefficient (Wildman–Crippen LogP) is 1.76. The molecule has 1 atom stereocenters. The molecule has 5 heteroatoms. The minimum Gasteiger partial charge on any atom is -0.505 e. The number of nitrogens with one attached hydrogen (secondary N) is 1. The molecule has 0 aromatic heterocycles. The number of alkyl halides is 1. The fraction of sp³-hybridized carbons (Fsp3) is 0.538. The van der Waals surface area contributed by atoms with Crippen molar-refractivity contribution < 1.29 is 13.9 Å². The summed E-state index contributed by atoms with van der Waals surface area (Å²) in [5.41, 5.74) is 0.705. The van der Waals surface area contributed by atoms with Crippen molar-refractivity contribution >= 4 is 0 Å². The molecule has 0 aliphatic carbocycles. The molecule has 0 unspecified atom stereocenters. The quantitative estimate of drug-likeness (QED) is 0.865. The summed E-state index contributed by atoms with van der Waals surface area (Å²) in [5, 5.41) is 13.0. The first-order valence-corrected chi connectivity index (χ1v) is 6.14. The summed E-state index contributed by atoms with van der Waals surface area (Å²) < 4.78 is 26.9. The number of benzene rings is 1. The van der Waals surface area contributed by atoms with Crippen LogP contribution in [0.1, 0.15) is 17.2 Å². The van der Waals surface area contributed by atoms with Gasteiger partial charge in [0.25, 0.3) is 0 Å². The zero-order chi connectivity index (χ0) is 13.1. The Morgan fingerprint density at radius 1 is 1.39 bits per heavy atom. The summed E-state index contributed by atoms with van der Waals surface area (Å²) in [7, 11) is 0. The number of piperazine rings is 1. The van der Waals surface area contributed by atoms with Crippen molar-refractivity contribution in [3.05, 3.63) is 29.1 Å². The third-order valence-electron chi connectivity index (χ3n) is 3.44. The second kappa shape index (κ2) is 5.63. The third kappa shape index (κ3) is 2.47. The van der Waals surface area contributed by atoms with E-state index in [2.05, 4.69) is 5.32 Å². The van der Waals surface area contributed by atoms with E-state index in [0.29, 0.717) is 24.2 Å². The fourth-order valence-electron chi connectivity index (χ4n) is 2.32. The lowest BCUT2D eigenvalue weighted by Crippen LogP contribution is -2.45. The number of aromatic hydroxyl groups is 1. The number of hydrogen-bond acceptors (Lipinski definition) is 3. The minimum absolute atomic E-state index is 0.336. The smallest absolute Gasteiger partial charge is 0.168 e. The molecule has 3 nitrogen and oxygen atoms in total. The second-order valence-electron chi connectivity index (χ2n) is 4.59. The Labute approximate surface area is 105 Å². The van der Waals surface area contributed by atoms with Crippen molar-refractivity contribution in [3.63, 3.8) is 0 Å². The maximum absolute atomic E-state index is 13.7. The minimum atomic E-state index is -0.652. The molecule has 0 radical (unpaired) electrons. The van der Waals surface area contributed by atoms with Crippen LogP contribution in [-0.2, 0) is 0 Å². The standard InChI is InChI=1S/C13H18F2N2O/c1-9-2-3-10(13(18)12(9)15)11(8-14)17-6-4-16-5-7-17/h2-3,11,16,18H,4-8H2,1H3/t11-/m0/s1. The molecule has 18 heavy (non-hydrogen) atoms. The summed E-state index contributed by atoms with van der Waals surface area (Å²) in [6.07, 6.45) is 0. The first-order valence-electron chi connectivity index (χ1n) is 6.14. The number of nitrogens with zero attached hydrogens (tertiary/aromatic N) is 1. The summed E-state index contributed by atoms with van der Waals surface area (Å²) in [5.74, 6) is -1.07. The highest BCUT2D eigenvalue weighted by Gasteiger charge is 2.26. The highest BCUT2D eigenvalue weighted by molar-refractivity contribution is 5.40. The molecule has 1 saturated heterocycles. The molecule has 1 aromatic carbocycles. The number of aryl methyl sites for hydroxylation is 1. The van der Waals surface area contributed by atoms with E-state index in [0.717, 1.165) is 13.1 Å². The van der Waals surface area contributed by atoms with Crippen molar-refractivity contribution in [2.24, 2.45) is 0 Å². The Morgan fingerprint density at radius 3 is 2.67 bits per heavy atom. The van der Waals surface area contributed by atoms with Crippen molar-refractivity contribution in [2.75, 3.05) is 32.9 Å². The molecule has 0 bridgehead atoms. The summed E-state index contributed by atoms with van der Waals surface area (Å²) >= 11 is 0. The maximum Gasteiger partial charge on any atom is 0.168 e. The normalized spacial score (nSPS) is 18.8. The zero-order valence-electron chi connectivity index (χ0n) is 10.4. The lowest BCUT2D eigenvalue weighted by atomic mass is 10.0. The summed E-state index contributed by atoms with van der Waals surface area (Å²) in [6, 6.07) is 2.62. The van der Waals surface area contributed by atoms with Gasteiger partial charge in [0.15, 0.2) is 11.6 Å². The average Bonchev–Trinajstić information content (AvgIpc) is 2.41. The van der Waals surface area contributed by atoms with E-state index in [1.165, 1.54) is 0 Å². The molecule has 1 fully saturated rings. The third-order valence-corrected chi connectivity index (χ3v) is 3.44. The van der Waals surface area contributed by atoms with Crippen molar-refractivity contribution in [2.45, 2.75) is 13.0 Å². The van der Waals surface area contributed by atoms with Gasteiger partial charge in [-0.15, -0.1) is 0 Å². The Kier molecular flexibility index (Phi) is 4.14. The van der Waals surface area contributed by atoms with Crippen molar-refractivity contribution in [1.29, 1.82) is 0 Å². The molecule has 0 saturated carbocycles. The van der Waals surface area contributed by atoms with E-state index in [9.17, 15) is 13.9 Å². The fourth-order valence-corrected chi connectivity index (χ4v) is 2.32. The Morgan fingerprint density at radius 2 is 2.06 bits per heavy atom. The summed E-state index contributed by atoms with van der Waals surface area (Å²) in [6.45, 7) is 3.91. The van der Waals surface area contributed by atoms with Crippen LogP contribution < -0.4 is 5.32 Å². The largest absolute Gasteiger partial charge is 0.505 e. The molecular formula is C13H18F2N2O. The van der Waals surface area contributed by atoms with Gasteiger partial charge in [0.2, 0.25) is 0 Å². The predicted molar refractivity (Wildman–Crippen MR) is 66.0 cm³/mol. The van der Waals surface area contributed by atoms with Gasteiger partial charge in [-0.05, 0) is 12.5 Å². The van der Waals surface area contributed by atoms with Gasteiger partial charge in [-0.2, -0.15) is 0 Å². The number of rotatable bonds is 3. The molecule has 2 N–H and O–H groups in total. The highest BCUT2D eigenvalue weighted by Crippen LogP contribution is 2.32. The van der Waals surface area contributed by atoms with Crippen LogP contribution in [0.15, 0.2) is 12.1 Å². The van der Waals surface area contributed by atoms with Crippen LogP contribution in [0.2, 0.25) is 0 Å². The van der Waals surface area contributed by atoms with Crippen LogP contribution in [0.4, 0.5) is 8.78 Å². The molecule has 1 aromatic rings. The lowest BCUT2D eigenvalue weighted by Gasteiger charge is -2.34. The molecule has 0 spiro atoms. The van der Waals surface area contributed by atoms with Gasteiger partial charge in [-0.25, -0.2) is 8.78 Å². The van der Waals surface area contributed by atoms with Gasteiger partial charge < -0.3 is 10.4 Å². The van der Waals surface area contributed by atoms with Crippen LogP contribution in [0, 0.1) is 12.7 Å². The lowest BCUT2D eigenvalue weighted by molar-refractivity contribution is 0.144. The average molecular weight is 256 g/mol. The van der Waals surface area contributed by atoms with Crippen LogP contribution >= 0.6 is 0 Å². The maximum atomic E-state index is 13.7. The Balaban J connectivity index is 2.29. The molecule has 2 rings (SSSR count). The number of halogens is 2. The van der Waals surface area contributed by atoms with Crippen LogP contribution in [0.3, 0.4) is 0 Å². The topological polar surface area (TPSA) is 35.5 Å². The van der Waals surface area contributed by atoms with E-state index in [1.807, 2.05) is 4.90 Å². The van der Waals surface area contributed by atoms with Crippen LogP contribution in [0.25, 0.3) is 0 Å². The SMILES string of the molecule is Cc1ccc([C@H](CF)N2CCNCC2)c(O)c1F.